The highest BCUT2D eigenvalue weighted by Crippen LogP contribution is 2.26. The molecule has 3 heteroatoms. The van der Waals surface area contributed by atoms with Crippen LogP contribution in [0.5, 0.6) is 11.5 Å². The van der Waals surface area contributed by atoms with Gasteiger partial charge in [-0.2, -0.15) is 0 Å². The Labute approximate surface area is 126 Å². The van der Waals surface area contributed by atoms with Crippen LogP contribution in [0, 0.1) is 13.8 Å². The molecule has 2 aromatic rings. The first-order valence-electron chi connectivity index (χ1n) is 7.21. The van der Waals surface area contributed by atoms with E-state index in [0.717, 1.165) is 16.9 Å². The lowest BCUT2D eigenvalue weighted by atomic mass is 10.1. The number of rotatable bonds is 6. The van der Waals surface area contributed by atoms with Crippen LogP contribution in [0.1, 0.15) is 29.7 Å². The third-order valence-corrected chi connectivity index (χ3v) is 3.30. The molecule has 2 aromatic carbocycles. The molecule has 0 aliphatic rings. The quantitative estimate of drug-likeness (QED) is 0.877. The molecule has 0 aliphatic carbocycles. The Morgan fingerprint density at radius 3 is 2.48 bits per heavy atom. The zero-order chi connectivity index (χ0) is 15.2. The Morgan fingerprint density at radius 1 is 1.00 bits per heavy atom. The Morgan fingerprint density at radius 2 is 1.76 bits per heavy atom. The van der Waals surface area contributed by atoms with Crippen molar-refractivity contribution in [2.24, 2.45) is 0 Å². The van der Waals surface area contributed by atoms with E-state index in [1.807, 2.05) is 57.2 Å². The fraction of sp³-hybridized carbons (Fsp3) is 0.333. The zero-order valence-corrected chi connectivity index (χ0v) is 12.8. The second-order valence-corrected chi connectivity index (χ2v) is 5.07. The summed E-state index contributed by atoms with van der Waals surface area (Å²) in [5.41, 5.74) is 3.02. The third kappa shape index (κ3) is 3.99. The largest absolute Gasteiger partial charge is 0.493 e. The summed E-state index contributed by atoms with van der Waals surface area (Å²) in [4.78, 5) is 0. The van der Waals surface area contributed by atoms with E-state index in [0.29, 0.717) is 12.4 Å². The number of benzene rings is 2. The van der Waals surface area contributed by atoms with Crippen LogP contribution in [0.25, 0.3) is 0 Å². The maximum absolute atomic E-state index is 10.3. The van der Waals surface area contributed by atoms with E-state index in [-0.39, 0.29) is 6.61 Å². The molecule has 2 rings (SSSR count). The van der Waals surface area contributed by atoms with Gasteiger partial charge in [0.25, 0.3) is 0 Å². The van der Waals surface area contributed by atoms with Crippen LogP contribution in [0.4, 0.5) is 0 Å². The normalized spacial score (nSPS) is 12.0. The van der Waals surface area contributed by atoms with Crippen molar-refractivity contribution >= 4 is 0 Å². The van der Waals surface area contributed by atoms with E-state index < -0.39 is 6.10 Å². The van der Waals surface area contributed by atoms with Crippen molar-refractivity contribution in [1.29, 1.82) is 0 Å². The number of hydrogen-bond acceptors (Lipinski definition) is 3. The van der Waals surface area contributed by atoms with Crippen LogP contribution >= 0.6 is 0 Å². The van der Waals surface area contributed by atoms with Crippen LogP contribution in [0.3, 0.4) is 0 Å². The molecule has 21 heavy (non-hydrogen) atoms. The SMILES string of the molecule is CCOc1ccccc1C(O)COc1ccc(C)cc1C. The van der Waals surface area contributed by atoms with Crippen molar-refractivity contribution in [3.8, 4) is 11.5 Å². The topological polar surface area (TPSA) is 38.7 Å². The molecule has 1 N–H and O–H groups in total. The van der Waals surface area contributed by atoms with E-state index in [9.17, 15) is 5.11 Å². The lowest BCUT2D eigenvalue weighted by molar-refractivity contribution is 0.104. The second kappa shape index (κ2) is 7.14. The molecule has 0 bridgehead atoms. The summed E-state index contributed by atoms with van der Waals surface area (Å²) in [5, 5.41) is 10.3. The maximum atomic E-state index is 10.3. The van der Waals surface area contributed by atoms with Gasteiger partial charge in [0.15, 0.2) is 0 Å². The van der Waals surface area contributed by atoms with Crippen molar-refractivity contribution in [2.75, 3.05) is 13.2 Å². The Balaban J connectivity index is 2.06. The van der Waals surface area contributed by atoms with Gasteiger partial charge in [0.2, 0.25) is 0 Å². The van der Waals surface area contributed by atoms with Gasteiger partial charge in [-0.1, -0.05) is 35.9 Å². The fourth-order valence-electron chi connectivity index (χ4n) is 2.26. The molecule has 0 spiro atoms. The van der Waals surface area contributed by atoms with Crippen molar-refractivity contribution in [2.45, 2.75) is 26.9 Å². The maximum Gasteiger partial charge on any atom is 0.125 e. The first kappa shape index (κ1) is 15.4. The van der Waals surface area contributed by atoms with Crippen LogP contribution < -0.4 is 9.47 Å². The fourth-order valence-corrected chi connectivity index (χ4v) is 2.26. The van der Waals surface area contributed by atoms with E-state index in [2.05, 4.69) is 6.07 Å². The number of hydrogen-bond donors (Lipinski definition) is 1. The zero-order valence-electron chi connectivity index (χ0n) is 12.8. The van der Waals surface area contributed by atoms with Crippen LogP contribution in [-0.2, 0) is 0 Å². The summed E-state index contributed by atoms with van der Waals surface area (Å²) < 4.78 is 11.3. The molecule has 0 radical (unpaired) electrons. The predicted molar refractivity (Wildman–Crippen MR) is 84.0 cm³/mol. The van der Waals surface area contributed by atoms with Gasteiger partial charge in [-0.05, 0) is 38.5 Å². The highest BCUT2D eigenvalue weighted by atomic mass is 16.5. The van der Waals surface area contributed by atoms with Gasteiger partial charge < -0.3 is 14.6 Å². The summed E-state index contributed by atoms with van der Waals surface area (Å²) in [6.07, 6.45) is -0.714. The van der Waals surface area contributed by atoms with Gasteiger partial charge in [-0.15, -0.1) is 0 Å². The lowest BCUT2D eigenvalue weighted by Gasteiger charge is -2.17. The first-order valence-corrected chi connectivity index (χ1v) is 7.21. The average molecular weight is 286 g/mol. The molecule has 0 saturated carbocycles. The molecule has 0 amide bonds. The predicted octanol–water partition coefficient (Wildman–Crippen LogP) is 3.81. The van der Waals surface area contributed by atoms with Crippen molar-refractivity contribution < 1.29 is 14.6 Å². The molecule has 1 atom stereocenters. The molecular formula is C18H22O3. The van der Waals surface area contributed by atoms with Gasteiger partial charge in [0.1, 0.15) is 24.2 Å². The summed E-state index contributed by atoms with van der Waals surface area (Å²) in [5.74, 6) is 1.50. The second-order valence-electron chi connectivity index (χ2n) is 5.07. The number of para-hydroxylation sites is 1. The molecule has 0 saturated heterocycles. The highest BCUT2D eigenvalue weighted by Gasteiger charge is 2.14. The number of aryl methyl sites for hydroxylation is 2. The molecule has 1 unspecified atom stereocenters. The monoisotopic (exact) mass is 286 g/mol. The van der Waals surface area contributed by atoms with Crippen LogP contribution in [-0.4, -0.2) is 18.3 Å². The number of ether oxygens (including phenoxy) is 2. The van der Waals surface area contributed by atoms with Crippen molar-refractivity contribution in [3.05, 3.63) is 59.2 Å². The van der Waals surface area contributed by atoms with Gasteiger partial charge in [0.05, 0.1) is 6.61 Å². The Kier molecular flexibility index (Phi) is 5.23. The molecule has 0 aliphatic heterocycles. The molecule has 3 nitrogen and oxygen atoms in total. The van der Waals surface area contributed by atoms with Crippen molar-refractivity contribution in [3.63, 3.8) is 0 Å². The average Bonchev–Trinajstić information content (AvgIpc) is 2.47. The first-order chi connectivity index (χ1) is 10.1. The minimum atomic E-state index is -0.714. The molecule has 0 fully saturated rings. The van der Waals surface area contributed by atoms with E-state index >= 15 is 0 Å². The van der Waals surface area contributed by atoms with Gasteiger partial charge in [-0.25, -0.2) is 0 Å². The van der Waals surface area contributed by atoms with Gasteiger partial charge in [-0.3, -0.25) is 0 Å². The minimum absolute atomic E-state index is 0.202. The van der Waals surface area contributed by atoms with Gasteiger partial charge in [0, 0.05) is 5.56 Å². The Bertz CT molecular complexity index is 593. The summed E-state index contributed by atoms with van der Waals surface area (Å²) >= 11 is 0. The minimum Gasteiger partial charge on any atom is -0.493 e. The third-order valence-electron chi connectivity index (χ3n) is 3.30. The van der Waals surface area contributed by atoms with Crippen LogP contribution in [0.15, 0.2) is 42.5 Å². The van der Waals surface area contributed by atoms with E-state index in [4.69, 9.17) is 9.47 Å². The smallest absolute Gasteiger partial charge is 0.125 e. The molecule has 0 heterocycles. The van der Waals surface area contributed by atoms with Crippen LogP contribution in [0.2, 0.25) is 0 Å². The van der Waals surface area contributed by atoms with E-state index in [1.165, 1.54) is 5.56 Å². The highest BCUT2D eigenvalue weighted by molar-refractivity contribution is 5.37. The summed E-state index contributed by atoms with van der Waals surface area (Å²) in [7, 11) is 0. The molecule has 0 aromatic heterocycles. The number of aliphatic hydroxyl groups is 1. The molecular weight excluding hydrogens is 264 g/mol. The van der Waals surface area contributed by atoms with Gasteiger partial charge >= 0.3 is 0 Å². The van der Waals surface area contributed by atoms with E-state index in [1.54, 1.807) is 0 Å². The number of aliphatic hydroxyl groups excluding tert-OH is 1. The lowest BCUT2D eigenvalue weighted by Crippen LogP contribution is -2.11. The summed E-state index contributed by atoms with van der Waals surface area (Å²) in [6, 6.07) is 13.5. The van der Waals surface area contributed by atoms with Crippen molar-refractivity contribution in [1.82, 2.24) is 0 Å². The Hall–Kier alpha value is -2.00. The molecule has 112 valence electrons. The standard InChI is InChI=1S/C18H22O3/c1-4-20-18-8-6-5-7-15(18)16(19)12-21-17-10-9-13(2)11-14(17)3/h5-11,16,19H,4,12H2,1-3H3. The summed E-state index contributed by atoms with van der Waals surface area (Å²) in [6.45, 7) is 6.75.